The fraction of sp³-hybridized carbons (Fsp3) is 0.684. The predicted octanol–water partition coefficient (Wildman–Crippen LogP) is 9.80. The summed E-state index contributed by atoms with van der Waals surface area (Å²) in [4.78, 5) is 88.9. The molecule has 29 heteroatoms. The van der Waals surface area contributed by atoms with Gasteiger partial charge in [0.1, 0.15) is 36.3 Å². The molecule has 25 nitrogen and oxygen atoms in total. The van der Waals surface area contributed by atoms with Crippen LogP contribution in [0, 0.1) is 5.41 Å². The number of aliphatic hydroxyl groups is 3. The summed E-state index contributed by atoms with van der Waals surface area (Å²) in [5.74, 6) is -1.22. The maximum absolute atomic E-state index is 12.8. The zero-order valence-electron chi connectivity index (χ0n) is 50.1. The highest BCUT2D eigenvalue weighted by molar-refractivity contribution is 8.13. The molecular formula is C57H96N7O18P3S. The van der Waals surface area contributed by atoms with Gasteiger partial charge in [0.15, 0.2) is 22.8 Å². The Kier molecular flexibility index (Phi) is 37.6. The van der Waals surface area contributed by atoms with E-state index >= 15 is 0 Å². The van der Waals surface area contributed by atoms with Crippen LogP contribution in [-0.4, -0.2) is 134 Å². The summed E-state index contributed by atoms with van der Waals surface area (Å²) in [6, 6.07) is 0. The quantitative estimate of drug-likeness (QED) is 0.0167. The number of rotatable bonds is 48. The average Bonchev–Trinajstić information content (AvgIpc) is 1.67. The van der Waals surface area contributed by atoms with Gasteiger partial charge in [-0.15, -0.1) is 0 Å². The number of nitrogens with one attached hydrogen (secondary N) is 2. The lowest BCUT2D eigenvalue weighted by atomic mass is 9.87. The van der Waals surface area contributed by atoms with Crippen molar-refractivity contribution in [3.8, 4) is 0 Å². The van der Waals surface area contributed by atoms with Gasteiger partial charge in [-0.05, 0) is 51.4 Å². The molecule has 3 rings (SSSR count). The van der Waals surface area contributed by atoms with Gasteiger partial charge < -0.3 is 56.0 Å². The van der Waals surface area contributed by atoms with Crippen molar-refractivity contribution in [3.05, 3.63) is 73.4 Å². The number of allylic oxidation sites excluding steroid dienone is 10. The van der Waals surface area contributed by atoms with Crippen LogP contribution in [0.2, 0.25) is 0 Å². The number of anilines is 1. The van der Waals surface area contributed by atoms with Crippen molar-refractivity contribution in [1.82, 2.24) is 30.2 Å². The molecular weight excluding hydrogens is 1200 g/mol. The average molecular weight is 1290 g/mol. The molecule has 86 heavy (non-hydrogen) atoms. The van der Waals surface area contributed by atoms with Crippen molar-refractivity contribution in [3.63, 3.8) is 0 Å². The lowest BCUT2D eigenvalue weighted by Gasteiger charge is -2.30. The Balaban J connectivity index is 1.15. The summed E-state index contributed by atoms with van der Waals surface area (Å²) in [5.41, 5.74) is 4.26. The van der Waals surface area contributed by atoms with Crippen LogP contribution in [-0.2, 0) is 50.7 Å². The van der Waals surface area contributed by atoms with E-state index in [0.717, 1.165) is 80.4 Å². The van der Waals surface area contributed by atoms with Crippen molar-refractivity contribution >= 4 is 69.1 Å². The molecule has 0 bridgehead atoms. The maximum atomic E-state index is 12.8. The first-order valence-corrected chi connectivity index (χ1v) is 35.4. The third-order valence-corrected chi connectivity index (χ3v) is 17.7. The Hall–Kier alpha value is -3.78. The number of hydrogen-bond donors (Lipinski definition) is 10. The second kappa shape index (κ2) is 42.3. The van der Waals surface area contributed by atoms with Gasteiger partial charge in [0, 0.05) is 37.1 Å². The normalized spacial score (nSPS) is 19.1. The number of ether oxygens (including phenoxy) is 1. The Morgan fingerprint density at radius 1 is 0.744 bits per heavy atom. The fourth-order valence-electron chi connectivity index (χ4n) is 8.96. The van der Waals surface area contributed by atoms with Crippen molar-refractivity contribution < 1.29 is 85.6 Å². The van der Waals surface area contributed by atoms with E-state index in [1.165, 1.54) is 97.3 Å². The van der Waals surface area contributed by atoms with E-state index in [1.807, 2.05) is 0 Å². The standard InChI is InChI=1S/C57H96N7O18P3S/c1-4-5-6-7-8-9-10-11-12-13-14-15-16-17-18-19-20-21-22-23-24-25-26-27-28-29-30-31-32-33-34-35-45(65)40-48(67)86-39-38-59-47(66)36-37-60-55(70)52(69)57(2,3)42-79-85(76,77)82-84(74,75)78-41-46-51(81-83(71,72)73)50(68)56(80-46)64-44-63-49-53(58)61-43-62-54(49)64/h5-6,8-9,11-12,14-15,17-18,43-46,50-52,56,65,68-69H,4,7,10,13,16,19-42H2,1-3H3,(H,59,66)(H,60,70)(H,74,75)(H,76,77)(H2,58,61,62)(H2,71,72,73)/b6-5-,9-8-,12-11-,15-14-,18-17-/t45-,46-,50-,51-,52+,56-/m1/s1. The van der Waals surface area contributed by atoms with Crippen LogP contribution in [0.15, 0.2) is 73.4 Å². The molecule has 2 unspecified atom stereocenters. The number of carbonyl (C=O) groups excluding carboxylic acids is 3. The van der Waals surface area contributed by atoms with E-state index in [1.54, 1.807) is 0 Å². The SMILES string of the molecule is CC/C=C\C/C=C\C/C=C\C/C=C\C/C=C\CCCCCCCCCCCCCCCCC[C@@H](O)CC(=O)SCCNC(=O)CCNC(=O)[C@H](O)C(C)(C)COP(=O)(O)OP(=O)(O)OC[C@H]1O[C@@H](n2cnc3c(N)ncnc32)[C@H](O)[C@@H]1OP(=O)(O)O. The highest BCUT2D eigenvalue weighted by Crippen LogP contribution is 2.61. The zero-order valence-corrected chi connectivity index (χ0v) is 53.6. The molecule has 1 aliphatic heterocycles. The van der Waals surface area contributed by atoms with Crippen molar-refractivity contribution in [1.29, 1.82) is 0 Å². The van der Waals surface area contributed by atoms with E-state index in [0.29, 0.717) is 6.42 Å². The van der Waals surface area contributed by atoms with Crippen LogP contribution in [0.3, 0.4) is 0 Å². The van der Waals surface area contributed by atoms with Gasteiger partial charge in [-0.1, -0.05) is 183 Å². The van der Waals surface area contributed by atoms with E-state index in [9.17, 15) is 63.0 Å². The van der Waals surface area contributed by atoms with Crippen molar-refractivity contribution in [2.45, 2.75) is 212 Å². The lowest BCUT2D eigenvalue weighted by molar-refractivity contribution is -0.137. The maximum Gasteiger partial charge on any atom is 0.481 e. The number of nitrogens with two attached hydrogens (primary N) is 1. The molecule has 0 radical (unpaired) electrons. The third kappa shape index (κ3) is 33.2. The molecule has 0 spiro atoms. The Bertz CT molecular complexity index is 2600. The van der Waals surface area contributed by atoms with Crippen LogP contribution in [0.25, 0.3) is 11.2 Å². The third-order valence-electron chi connectivity index (χ3n) is 13.7. The molecule has 0 aliphatic carbocycles. The van der Waals surface area contributed by atoms with Gasteiger partial charge in [0.2, 0.25) is 11.8 Å². The highest BCUT2D eigenvalue weighted by Gasteiger charge is 2.50. The summed E-state index contributed by atoms with van der Waals surface area (Å²) in [7, 11) is -16.5. The van der Waals surface area contributed by atoms with Crippen LogP contribution in [0.5, 0.6) is 0 Å². The first-order chi connectivity index (χ1) is 40.9. The molecule has 0 aromatic carbocycles. The Labute approximate surface area is 511 Å². The first kappa shape index (κ1) is 76.5. The smallest absolute Gasteiger partial charge is 0.393 e. The Morgan fingerprint density at radius 3 is 1.85 bits per heavy atom. The number of amides is 2. The molecule has 11 N–H and O–H groups in total. The largest absolute Gasteiger partial charge is 0.481 e. The molecule has 1 aliphatic rings. The van der Waals surface area contributed by atoms with Gasteiger partial charge >= 0.3 is 23.5 Å². The molecule has 3 heterocycles. The van der Waals surface area contributed by atoms with Crippen LogP contribution >= 0.6 is 35.2 Å². The number of unbranched alkanes of at least 4 members (excludes halogenated alkanes) is 15. The number of aliphatic hydroxyl groups excluding tert-OH is 3. The number of imidazole rings is 1. The van der Waals surface area contributed by atoms with Gasteiger partial charge in [-0.3, -0.25) is 32.5 Å². The number of phosphoric ester groups is 3. The van der Waals surface area contributed by atoms with Gasteiger partial charge in [-0.2, -0.15) is 4.31 Å². The summed E-state index contributed by atoms with van der Waals surface area (Å²) in [5, 5.41) is 36.9. The van der Waals surface area contributed by atoms with Gasteiger partial charge in [-0.25, -0.2) is 28.6 Å². The topological polar surface area (TPSA) is 384 Å². The Morgan fingerprint density at radius 2 is 1.28 bits per heavy atom. The minimum absolute atomic E-state index is 0.0201. The molecule has 8 atom stereocenters. The summed E-state index contributed by atoms with van der Waals surface area (Å²) in [6.07, 6.45) is 40.0. The highest BCUT2D eigenvalue weighted by atomic mass is 32.2. The monoisotopic (exact) mass is 1290 g/mol. The lowest BCUT2D eigenvalue weighted by Crippen LogP contribution is -2.46. The number of fused-ring (bicyclic) bond motifs is 1. The van der Waals surface area contributed by atoms with E-state index in [4.69, 9.17) is 19.5 Å². The molecule has 2 amide bonds. The second-order valence-electron chi connectivity index (χ2n) is 21.7. The molecule has 0 saturated carbocycles. The minimum atomic E-state index is -5.60. The predicted molar refractivity (Wildman–Crippen MR) is 331 cm³/mol. The number of hydrogen-bond acceptors (Lipinski definition) is 19. The van der Waals surface area contributed by atoms with Gasteiger partial charge in [0.05, 0.1) is 25.6 Å². The summed E-state index contributed by atoms with van der Waals surface area (Å²) >= 11 is 1.00. The van der Waals surface area contributed by atoms with E-state index < -0.39 is 90.7 Å². The molecule has 1 saturated heterocycles. The van der Waals surface area contributed by atoms with Crippen LogP contribution < -0.4 is 16.4 Å². The molecule has 2 aromatic heterocycles. The minimum Gasteiger partial charge on any atom is -0.393 e. The zero-order chi connectivity index (χ0) is 63.3. The van der Waals surface area contributed by atoms with Crippen LogP contribution in [0.4, 0.5) is 5.82 Å². The second-order valence-corrected chi connectivity index (χ2v) is 27.1. The summed E-state index contributed by atoms with van der Waals surface area (Å²) in [6.45, 7) is 2.55. The number of nitrogen functional groups attached to an aromatic ring is 1. The van der Waals surface area contributed by atoms with Gasteiger partial charge in [0.25, 0.3) is 0 Å². The molecule has 488 valence electrons. The van der Waals surface area contributed by atoms with E-state index in [2.05, 4.69) is 102 Å². The number of carbonyl (C=O) groups is 3. The molecule has 2 aromatic rings. The molecule has 1 fully saturated rings. The number of phosphoric acid groups is 3. The summed E-state index contributed by atoms with van der Waals surface area (Å²) < 4.78 is 62.6. The first-order valence-electron chi connectivity index (χ1n) is 29.9. The van der Waals surface area contributed by atoms with Crippen molar-refractivity contribution in [2.24, 2.45) is 5.41 Å². The number of nitrogens with zero attached hydrogens (tertiary/aromatic N) is 4. The number of aromatic nitrogens is 4. The number of thioether (sulfide) groups is 1. The van der Waals surface area contributed by atoms with E-state index in [-0.39, 0.29) is 53.8 Å². The fourth-order valence-corrected chi connectivity index (χ4v) is 12.5. The van der Waals surface area contributed by atoms with Crippen molar-refractivity contribution in [2.75, 3.05) is 37.8 Å². The van der Waals surface area contributed by atoms with Crippen LogP contribution in [0.1, 0.15) is 181 Å².